The van der Waals surface area contributed by atoms with E-state index in [2.05, 4.69) is 16.0 Å². The number of nitrogens with one attached hydrogen (secondary N) is 3. The van der Waals surface area contributed by atoms with Crippen LogP contribution in [0.1, 0.15) is 65.0 Å². The highest BCUT2D eigenvalue weighted by molar-refractivity contribution is 5.98. The van der Waals surface area contributed by atoms with Gasteiger partial charge >= 0.3 is 0 Å². The third-order valence-electron chi connectivity index (χ3n) is 7.62. The summed E-state index contributed by atoms with van der Waals surface area (Å²) in [6.45, 7) is 9.93. The standard InChI is InChI=1S/C34H48N4O5/c1-22(2)18-27(30(39)34(5)21-43-34)36-33(42)29(20-25-14-10-7-11-15-25)38-32(41)28(19-23(3)4)37-31(40)26(35)17-16-24-12-8-6-9-13-24/h6-15,22-23,26-29H,16-21,35H2,1-5H3,(H,36,42)(H,37,40)(H,38,41)/t26-,27-,28-,29-,34+/m0/s1. The molecule has 0 spiro atoms. The predicted molar refractivity (Wildman–Crippen MR) is 167 cm³/mol. The molecule has 1 aliphatic heterocycles. The van der Waals surface area contributed by atoms with Crippen molar-refractivity contribution in [1.29, 1.82) is 0 Å². The van der Waals surface area contributed by atoms with Crippen molar-refractivity contribution < 1.29 is 23.9 Å². The summed E-state index contributed by atoms with van der Waals surface area (Å²) in [5.74, 6) is -1.29. The van der Waals surface area contributed by atoms with E-state index in [0.717, 1.165) is 11.1 Å². The van der Waals surface area contributed by atoms with Crippen LogP contribution in [0.4, 0.5) is 0 Å². The average molecular weight is 593 g/mol. The van der Waals surface area contributed by atoms with E-state index in [-0.39, 0.29) is 24.0 Å². The van der Waals surface area contributed by atoms with Crippen molar-refractivity contribution in [2.45, 2.75) is 96.5 Å². The second-order valence-electron chi connectivity index (χ2n) is 12.6. The number of rotatable bonds is 17. The summed E-state index contributed by atoms with van der Waals surface area (Å²) in [7, 11) is 0. The van der Waals surface area contributed by atoms with Crippen LogP contribution in [0.5, 0.6) is 0 Å². The second-order valence-corrected chi connectivity index (χ2v) is 12.6. The first-order valence-corrected chi connectivity index (χ1v) is 15.3. The summed E-state index contributed by atoms with van der Waals surface area (Å²) in [4.78, 5) is 53.6. The van der Waals surface area contributed by atoms with Gasteiger partial charge in [0.25, 0.3) is 0 Å². The summed E-state index contributed by atoms with van der Waals surface area (Å²) in [6, 6.07) is 15.7. The molecule has 1 heterocycles. The van der Waals surface area contributed by atoms with E-state index in [1.807, 2.05) is 88.4 Å². The molecule has 1 aliphatic rings. The van der Waals surface area contributed by atoms with Gasteiger partial charge in [-0.2, -0.15) is 0 Å². The largest absolute Gasteiger partial charge is 0.361 e. The minimum absolute atomic E-state index is 0.0883. The van der Waals surface area contributed by atoms with Crippen LogP contribution in [0.3, 0.4) is 0 Å². The first-order valence-electron chi connectivity index (χ1n) is 15.3. The van der Waals surface area contributed by atoms with Gasteiger partial charge in [-0.15, -0.1) is 0 Å². The molecule has 3 amide bonds. The van der Waals surface area contributed by atoms with Crippen molar-refractivity contribution in [2.75, 3.05) is 6.61 Å². The van der Waals surface area contributed by atoms with E-state index in [1.165, 1.54) is 0 Å². The molecule has 0 unspecified atom stereocenters. The minimum Gasteiger partial charge on any atom is -0.361 e. The summed E-state index contributed by atoms with van der Waals surface area (Å²) in [5.41, 5.74) is 7.24. The lowest BCUT2D eigenvalue weighted by Crippen LogP contribution is -2.58. The number of carbonyl (C=O) groups is 4. The Balaban J connectivity index is 1.74. The quantitative estimate of drug-likeness (QED) is 0.208. The Morgan fingerprint density at radius 1 is 0.744 bits per heavy atom. The first kappa shape index (κ1) is 33.9. The summed E-state index contributed by atoms with van der Waals surface area (Å²) in [5, 5.41) is 8.60. The third-order valence-corrected chi connectivity index (χ3v) is 7.62. The fourth-order valence-electron chi connectivity index (χ4n) is 5.01. The lowest BCUT2D eigenvalue weighted by molar-refractivity contribution is -0.134. The topological polar surface area (TPSA) is 143 Å². The van der Waals surface area contributed by atoms with Crippen LogP contribution in [-0.2, 0) is 36.8 Å². The molecule has 0 saturated carbocycles. The van der Waals surface area contributed by atoms with Gasteiger partial charge in [-0.1, -0.05) is 88.4 Å². The zero-order chi connectivity index (χ0) is 31.6. The smallest absolute Gasteiger partial charge is 0.243 e. The molecular weight excluding hydrogens is 544 g/mol. The van der Waals surface area contributed by atoms with Gasteiger partial charge in [0.15, 0.2) is 5.78 Å². The molecule has 5 N–H and O–H groups in total. The number of ketones is 1. The number of nitrogens with two attached hydrogens (primary N) is 1. The van der Waals surface area contributed by atoms with Gasteiger partial charge in [0, 0.05) is 6.42 Å². The van der Waals surface area contributed by atoms with Gasteiger partial charge in [-0.25, -0.2) is 0 Å². The molecule has 2 aromatic carbocycles. The Labute approximate surface area is 255 Å². The molecule has 3 rings (SSSR count). The highest BCUT2D eigenvalue weighted by Gasteiger charge is 2.50. The van der Waals surface area contributed by atoms with Crippen molar-refractivity contribution in [1.82, 2.24) is 16.0 Å². The van der Waals surface area contributed by atoms with E-state index in [9.17, 15) is 19.2 Å². The molecule has 0 aromatic heterocycles. The number of ether oxygens (including phenoxy) is 1. The average Bonchev–Trinajstić information content (AvgIpc) is 3.73. The monoisotopic (exact) mass is 592 g/mol. The van der Waals surface area contributed by atoms with Crippen molar-refractivity contribution in [2.24, 2.45) is 17.6 Å². The normalized spacial score (nSPS) is 18.8. The van der Waals surface area contributed by atoms with E-state index >= 15 is 0 Å². The van der Waals surface area contributed by atoms with Crippen molar-refractivity contribution >= 4 is 23.5 Å². The highest BCUT2D eigenvalue weighted by atomic mass is 16.6. The van der Waals surface area contributed by atoms with E-state index in [1.54, 1.807) is 6.92 Å². The molecule has 1 fully saturated rings. The first-order chi connectivity index (χ1) is 20.4. The van der Waals surface area contributed by atoms with E-state index in [0.29, 0.717) is 32.3 Å². The number of benzene rings is 2. The molecule has 234 valence electrons. The maximum absolute atomic E-state index is 13.7. The number of Topliss-reactive ketones (excluding diaryl/α,β-unsaturated/α-hetero) is 1. The maximum Gasteiger partial charge on any atom is 0.243 e. The lowest BCUT2D eigenvalue weighted by Gasteiger charge is -2.27. The van der Waals surface area contributed by atoms with Crippen LogP contribution in [0.15, 0.2) is 60.7 Å². The molecule has 0 radical (unpaired) electrons. The second kappa shape index (κ2) is 15.8. The highest BCUT2D eigenvalue weighted by Crippen LogP contribution is 2.29. The fraction of sp³-hybridized carbons (Fsp3) is 0.529. The fourth-order valence-corrected chi connectivity index (χ4v) is 5.01. The molecule has 2 aromatic rings. The van der Waals surface area contributed by atoms with Gasteiger partial charge in [-0.3, -0.25) is 19.2 Å². The lowest BCUT2D eigenvalue weighted by atomic mass is 9.93. The maximum atomic E-state index is 13.7. The number of hydrogen-bond donors (Lipinski definition) is 4. The number of carbonyl (C=O) groups excluding carboxylic acids is 4. The Morgan fingerprint density at radius 3 is 1.74 bits per heavy atom. The van der Waals surface area contributed by atoms with Crippen LogP contribution in [0.25, 0.3) is 0 Å². The third kappa shape index (κ3) is 10.9. The van der Waals surface area contributed by atoms with Crippen molar-refractivity contribution in [3.05, 3.63) is 71.8 Å². The Kier molecular flexibility index (Phi) is 12.5. The predicted octanol–water partition coefficient (Wildman–Crippen LogP) is 3.09. The molecule has 5 atom stereocenters. The summed E-state index contributed by atoms with van der Waals surface area (Å²) in [6.07, 6.45) is 2.10. The Morgan fingerprint density at radius 2 is 1.21 bits per heavy atom. The van der Waals surface area contributed by atoms with Crippen LogP contribution in [-0.4, -0.2) is 59.9 Å². The molecule has 9 heteroatoms. The molecule has 0 aliphatic carbocycles. The number of aryl methyl sites for hydroxylation is 1. The molecular formula is C34H48N4O5. The summed E-state index contributed by atoms with van der Waals surface area (Å²) >= 11 is 0. The van der Waals surface area contributed by atoms with Crippen molar-refractivity contribution in [3.63, 3.8) is 0 Å². The van der Waals surface area contributed by atoms with Crippen LogP contribution >= 0.6 is 0 Å². The Bertz CT molecular complexity index is 1210. The summed E-state index contributed by atoms with van der Waals surface area (Å²) < 4.78 is 5.37. The van der Waals surface area contributed by atoms with Gasteiger partial charge in [0.2, 0.25) is 17.7 Å². The molecule has 9 nitrogen and oxygen atoms in total. The zero-order valence-electron chi connectivity index (χ0n) is 26.1. The van der Waals surface area contributed by atoms with Gasteiger partial charge < -0.3 is 26.4 Å². The van der Waals surface area contributed by atoms with Gasteiger partial charge in [0.1, 0.15) is 17.7 Å². The van der Waals surface area contributed by atoms with Gasteiger partial charge in [-0.05, 0) is 55.6 Å². The zero-order valence-corrected chi connectivity index (χ0v) is 26.1. The van der Waals surface area contributed by atoms with E-state index < -0.39 is 47.5 Å². The molecule has 43 heavy (non-hydrogen) atoms. The van der Waals surface area contributed by atoms with Crippen molar-refractivity contribution in [3.8, 4) is 0 Å². The van der Waals surface area contributed by atoms with Gasteiger partial charge in [0.05, 0.1) is 18.7 Å². The SMILES string of the molecule is CC(C)C[C@H](NC(=O)[C@@H](N)CCc1ccccc1)C(=O)N[C@@H](Cc1ccccc1)C(=O)N[C@@H](CC(C)C)C(=O)[C@@]1(C)CO1. The van der Waals surface area contributed by atoms with E-state index in [4.69, 9.17) is 10.5 Å². The van der Waals surface area contributed by atoms with Crippen LogP contribution < -0.4 is 21.7 Å². The molecule has 1 saturated heterocycles. The van der Waals surface area contributed by atoms with Crippen LogP contribution in [0.2, 0.25) is 0 Å². The Hall–Kier alpha value is -3.56. The molecule has 0 bridgehead atoms. The number of amides is 3. The number of epoxide rings is 1. The van der Waals surface area contributed by atoms with Crippen LogP contribution in [0, 0.1) is 11.8 Å². The minimum atomic E-state index is -0.969. The number of hydrogen-bond acceptors (Lipinski definition) is 6.